The van der Waals surface area contributed by atoms with Crippen LogP contribution in [0.3, 0.4) is 0 Å². The maximum Gasteiger partial charge on any atom is 0.251 e. The molecule has 0 spiro atoms. The van der Waals surface area contributed by atoms with Crippen LogP contribution in [0.1, 0.15) is 34.5 Å². The number of nitrogens with one attached hydrogen (secondary N) is 1. The zero-order valence-electron chi connectivity index (χ0n) is 13.9. The fraction of sp³-hybridized carbons (Fsp3) is 0.278. The average Bonchev–Trinajstić information content (AvgIpc) is 2.54. The molecule has 24 heavy (non-hydrogen) atoms. The molecule has 0 heterocycles. The third-order valence-electron chi connectivity index (χ3n) is 3.66. The Balaban J connectivity index is 2.25. The maximum absolute atomic E-state index is 12.5. The largest absolute Gasteiger partial charge is 0.496 e. The number of amides is 1. The fourth-order valence-electron chi connectivity index (χ4n) is 2.44. The second kappa shape index (κ2) is 7.77. The summed E-state index contributed by atoms with van der Waals surface area (Å²) in [6.07, 6.45) is 0. The summed E-state index contributed by atoms with van der Waals surface area (Å²) in [7, 11) is 3.07. The number of ether oxygens (including phenoxy) is 2. The first kappa shape index (κ1) is 18.4. The van der Waals surface area contributed by atoms with Crippen LogP contribution in [-0.2, 0) is 0 Å². The Labute approximate surface area is 151 Å². The van der Waals surface area contributed by atoms with E-state index in [0.29, 0.717) is 11.3 Å². The smallest absolute Gasteiger partial charge is 0.251 e. The van der Waals surface area contributed by atoms with Crippen LogP contribution in [-0.4, -0.2) is 20.1 Å². The summed E-state index contributed by atoms with van der Waals surface area (Å²) in [5.41, 5.74) is 2.35. The number of hydrogen-bond donors (Lipinski definition) is 1. The molecular weight excluding hydrogens is 349 g/mol. The van der Waals surface area contributed by atoms with Crippen LogP contribution in [0.25, 0.3) is 0 Å². The number of rotatable bonds is 5. The fourth-order valence-corrected chi connectivity index (χ4v) is 3.08. The molecule has 0 saturated heterocycles. The summed E-state index contributed by atoms with van der Waals surface area (Å²) in [6, 6.07) is 8.64. The van der Waals surface area contributed by atoms with Crippen molar-refractivity contribution in [2.75, 3.05) is 14.2 Å². The number of methoxy groups -OCH3 is 2. The van der Waals surface area contributed by atoms with Crippen LogP contribution in [0.2, 0.25) is 10.0 Å². The summed E-state index contributed by atoms with van der Waals surface area (Å²) in [6.45, 7) is 3.88. The van der Waals surface area contributed by atoms with Crippen LogP contribution in [0.15, 0.2) is 30.3 Å². The molecule has 1 amide bonds. The molecule has 0 aliphatic rings. The summed E-state index contributed by atoms with van der Waals surface area (Å²) >= 11 is 12.2. The summed E-state index contributed by atoms with van der Waals surface area (Å²) in [4.78, 5) is 12.5. The van der Waals surface area contributed by atoms with E-state index in [1.54, 1.807) is 7.11 Å². The SMILES string of the molecule is COc1ccc(C)cc1[C@@H](C)NC(=O)c1cc(Cl)c(OC)c(Cl)c1. The highest BCUT2D eigenvalue weighted by Crippen LogP contribution is 2.34. The lowest BCUT2D eigenvalue weighted by Crippen LogP contribution is -2.27. The van der Waals surface area contributed by atoms with Gasteiger partial charge in [-0.15, -0.1) is 0 Å². The van der Waals surface area contributed by atoms with Crippen molar-refractivity contribution in [3.8, 4) is 11.5 Å². The molecule has 0 bridgehead atoms. The van der Waals surface area contributed by atoms with E-state index in [9.17, 15) is 4.79 Å². The Hall–Kier alpha value is -1.91. The monoisotopic (exact) mass is 367 g/mol. The minimum atomic E-state index is -0.280. The Kier molecular flexibility index (Phi) is 5.97. The van der Waals surface area contributed by atoms with Gasteiger partial charge in [0.2, 0.25) is 0 Å². The third-order valence-corrected chi connectivity index (χ3v) is 4.23. The van der Waals surface area contributed by atoms with Gasteiger partial charge in [-0.25, -0.2) is 0 Å². The van der Waals surface area contributed by atoms with Gasteiger partial charge in [0, 0.05) is 11.1 Å². The zero-order valence-corrected chi connectivity index (χ0v) is 15.5. The molecule has 0 fully saturated rings. The van der Waals surface area contributed by atoms with Gasteiger partial charge < -0.3 is 14.8 Å². The normalized spacial score (nSPS) is 11.8. The van der Waals surface area contributed by atoms with Crippen molar-refractivity contribution in [1.29, 1.82) is 0 Å². The zero-order chi connectivity index (χ0) is 17.9. The van der Waals surface area contributed by atoms with E-state index in [4.69, 9.17) is 32.7 Å². The molecule has 1 atom stereocenters. The first-order valence-electron chi connectivity index (χ1n) is 7.35. The highest BCUT2D eigenvalue weighted by atomic mass is 35.5. The van der Waals surface area contributed by atoms with Gasteiger partial charge in [-0.2, -0.15) is 0 Å². The second-order valence-corrected chi connectivity index (χ2v) is 6.23. The molecule has 0 radical (unpaired) electrons. The van der Waals surface area contributed by atoms with Crippen molar-refractivity contribution in [3.63, 3.8) is 0 Å². The van der Waals surface area contributed by atoms with Gasteiger partial charge in [0.1, 0.15) is 5.75 Å². The molecule has 0 aliphatic carbocycles. The van der Waals surface area contributed by atoms with Gasteiger partial charge >= 0.3 is 0 Å². The Morgan fingerprint density at radius 1 is 1.08 bits per heavy atom. The van der Waals surface area contributed by atoms with E-state index in [1.807, 2.05) is 32.0 Å². The summed E-state index contributed by atoms with van der Waals surface area (Å²) in [5.74, 6) is 0.792. The minimum absolute atomic E-state index is 0.244. The van der Waals surface area contributed by atoms with E-state index < -0.39 is 0 Å². The highest BCUT2D eigenvalue weighted by molar-refractivity contribution is 6.37. The topological polar surface area (TPSA) is 47.6 Å². The van der Waals surface area contributed by atoms with Crippen molar-refractivity contribution >= 4 is 29.1 Å². The highest BCUT2D eigenvalue weighted by Gasteiger charge is 2.18. The molecule has 0 aliphatic heterocycles. The lowest BCUT2D eigenvalue weighted by molar-refractivity contribution is 0.0939. The van der Waals surface area contributed by atoms with Crippen LogP contribution in [0.5, 0.6) is 11.5 Å². The quantitative estimate of drug-likeness (QED) is 0.824. The Morgan fingerprint density at radius 3 is 2.25 bits per heavy atom. The molecule has 0 saturated carbocycles. The number of benzene rings is 2. The Morgan fingerprint density at radius 2 is 1.71 bits per heavy atom. The minimum Gasteiger partial charge on any atom is -0.496 e. The molecular formula is C18H19Cl2NO3. The van der Waals surface area contributed by atoms with E-state index >= 15 is 0 Å². The molecule has 2 aromatic rings. The van der Waals surface area contributed by atoms with Crippen molar-refractivity contribution in [1.82, 2.24) is 5.32 Å². The van der Waals surface area contributed by atoms with E-state index in [1.165, 1.54) is 19.2 Å². The summed E-state index contributed by atoms with van der Waals surface area (Å²) < 4.78 is 10.5. The lowest BCUT2D eigenvalue weighted by atomic mass is 10.0. The molecule has 1 N–H and O–H groups in total. The Bertz CT molecular complexity index is 739. The van der Waals surface area contributed by atoms with Crippen molar-refractivity contribution in [3.05, 3.63) is 57.1 Å². The van der Waals surface area contributed by atoms with Crippen LogP contribution in [0.4, 0.5) is 0 Å². The number of carbonyl (C=O) groups is 1. The standard InChI is InChI=1S/C18H19Cl2NO3/c1-10-5-6-16(23-3)13(7-10)11(2)21-18(22)12-8-14(19)17(24-4)15(20)9-12/h5-9,11H,1-4H3,(H,21,22)/t11-/m1/s1. The molecule has 4 nitrogen and oxygen atoms in total. The summed E-state index contributed by atoms with van der Waals surface area (Å²) in [5, 5.41) is 3.51. The van der Waals surface area contributed by atoms with E-state index in [2.05, 4.69) is 5.32 Å². The number of aryl methyl sites for hydroxylation is 1. The average molecular weight is 368 g/mol. The van der Waals surface area contributed by atoms with E-state index in [0.717, 1.165) is 16.9 Å². The van der Waals surface area contributed by atoms with Gasteiger partial charge in [-0.05, 0) is 32.0 Å². The molecule has 0 aromatic heterocycles. The maximum atomic E-state index is 12.5. The molecule has 0 unspecified atom stereocenters. The van der Waals surface area contributed by atoms with Crippen molar-refractivity contribution in [2.45, 2.75) is 19.9 Å². The van der Waals surface area contributed by atoms with Crippen LogP contribution < -0.4 is 14.8 Å². The van der Waals surface area contributed by atoms with Crippen molar-refractivity contribution in [2.24, 2.45) is 0 Å². The number of halogens is 2. The molecule has 2 aromatic carbocycles. The van der Waals surface area contributed by atoms with Gasteiger partial charge in [0.05, 0.1) is 30.3 Å². The molecule has 2 rings (SSSR count). The van der Waals surface area contributed by atoms with Gasteiger partial charge in [0.25, 0.3) is 5.91 Å². The molecule has 128 valence electrons. The van der Waals surface area contributed by atoms with Gasteiger partial charge in [0.15, 0.2) is 5.75 Å². The van der Waals surface area contributed by atoms with Crippen molar-refractivity contribution < 1.29 is 14.3 Å². The second-order valence-electron chi connectivity index (χ2n) is 5.41. The number of carbonyl (C=O) groups excluding carboxylic acids is 1. The predicted octanol–water partition coefficient (Wildman–Crippen LogP) is 4.81. The van der Waals surface area contributed by atoms with Crippen LogP contribution in [0, 0.1) is 6.92 Å². The first-order chi connectivity index (χ1) is 11.4. The lowest BCUT2D eigenvalue weighted by Gasteiger charge is -2.18. The predicted molar refractivity (Wildman–Crippen MR) is 96.6 cm³/mol. The van der Waals surface area contributed by atoms with Gasteiger partial charge in [-0.1, -0.05) is 40.9 Å². The van der Waals surface area contributed by atoms with E-state index in [-0.39, 0.29) is 22.0 Å². The first-order valence-corrected chi connectivity index (χ1v) is 8.11. The number of hydrogen-bond acceptors (Lipinski definition) is 3. The van der Waals surface area contributed by atoms with Gasteiger partial charge in [-0.3, -0.25) is 4.79 Å². The molecule has 6 heteroatoms. The third kappa shape index (κ3) is 3.94. The van der Waals surface area contributed by atoms with Crippen LogP contribution >= 0.6 is 23.2 Å².